The van der Waals surface area contributed by atoms with Gasteiger partial charge in [0.05, 0.1) is 12.6 Å². The minimum Gasteiger partial charge on any atom is -0.444 e. The van der Waals surface area contributed by atoms with E-state index in [-0.39, 0.29) is 36.1 Å². The zero-order valence-corrected chi connectivity index (χ0v) is 19.6. The third-order valence-corrected chi connectivity index (χ3v) is 5.55. The highest BCUT2D eigenvalue weighted by Crippen LogP contribution is 2.22. The first kappa shape index (κ1) is 22.5. The minimum atomic E-state index is -0.446. The molecule has 7 nitrogen and oxygen atoms in total. The molecule has 0 aromatic rings. The van der Waals surface area contributed by atoms with Crippen molar-refractivity contribution in [2.75, 3.05) is 46.3 Å². The molecule has 2 fully saturated rings. The van der Waals surface area contributed by atoms with E-state index in [4.69, 9.17) is 4.74 Å². The van der Waals surface area contributed by atoms with Crippen LogP contribution in [0.2, 0.25) is 0 Å². The second-order valence-electron chi connectivity index (χ2n) is 8.78. The highest BCUT2D eigenvalue weighted by Gasteiger charge is 2.36. The van der Waals surface area contributed by atoms with Crippen LogP contribution in [0.1, 0.15) is 46.5 Å². The van der Waals surface area contributed by atoms with Crippen molar-refractivity contribution in [3.63, 3.8) is 0 Å². The van der Waals surface area contributed by atoms with Crippen molar-refractivity contribution in [3.05, 3.63) is 0 Å². The number of halogens is 1. The average molecular weight is 493 g/mol. The van der Waals surface area contributed by atoms with Gasteiger partial charge in [-0.05, 0) is 40.7 Å². The van der Waals surface area contributed by atoms with Crippen molar-refractivity contribution in [3.8, 4) is 0 Å². The normalized spacial score (nSPS) is 23.1. The van der Waals surface area contributed by atoms with E-state index in [1.165, 1.54) is 25.7 Å². The molecule has 2 aliphatic heterocycles. The highest BCUT2D eigenvalue weighted by molar-refractivity contribution is 14.0. The molecule has 1 saturated heterocycles. The van der Waals surface area contributed by atoms with Crippen LogP contribution in [0.4, 0.5) is 4.79 Å². The molecule has 0 radical (unpaired) electrons. The fourth-order valence-corrected chi connectivity index (χ4v) is 4.09. The van der Waals surface area contributed by atoms with Crippen LogP contribution in [0, 0.1) is 0 Å². The van der Waals surface area contributed by atoms with Crippen molar-refractivity contribution in [2.24, 2.45) is 4.99 Å². The van der Waals surface area contributed by atoms with Crippen molar-refractivity contribution in [1.29, 1.82) is 0 Å². The summed E-state index contributed by atoms with van der Waals surface area (Å²) in [6.07, 6.45) is 5.22. The van der Waals surface area contributed by atoms with E-state index in [2.05, 4.69) is 27.2 Å². The summed E-state index contributed by atoms with van der Waals surface area (Å²) in [7, 11) is 2.23. The first-order valence-corrected chi connectivity index (χ1v) is 10.1. The number of nitrogens with zero attached hydrogens (tertiary/aromatic N) is 4. The molecule has 2 heterocycles. The first-order valence-electron chi connectivity index (χ1n) is 10.1. The van der Waals surface area contributed by atoms with Crippen molar-refractivity contribution >= 4 is 36.0 Å². The molecule has 0 spiro atoms. The molecule has 27 heavy (non-hydrogen) atoms. The number of likely N-dealkylation sites (N-methyl/N-ethyl adjacent to an activating group) is 1. The van der Waals surface area contributed by atoms with E-state index >= 15 is 0 Å². The van der Waals surface area contributed by atoms with E-state index in [1.54, 1.807) is 0 Å². The molecular weight excluding hydrogens is 457 g/mol. The maximum Gasteiger partial charge on any atom is 0.410 e. The summed E-state index contributed by atoms with van der Waals surface area (Å²) >= 11 is 0. The number of nitrogens with one attached hydrogen (secondary N) is 1. The number of aliphatic imine (C=N–C) groups is 1. The second kappa shape index (κ2) is 9.62. The topological polar surface area (TPSA) is 60.4 Å². The maximum atomic E-state index is 12.3. The molecule has 3 rings (SSSR count). The summed E-state index contributed by atoms with van der Waals surface area (Å²) in [6, 6.07) is 1.03. The minimum absolute atomic E-state index is 0. The van der Waals surface area contributed by atoms with Gasteiger partial charge in [0.2, 0.25) is 0 Å². The maximum absolute atomic E-state index is 12.3. The number of guanidine groups is 1. The van der Waals surface area contributed by atoms with Crippen molar-refractivity contribution in [1.82, 2.24) is 20.0 Å². The van der Waals surface area contributed by atoms with Crippen molar-refractivity contribution < 1.29 is 9.53 Å². The van der Waals surface area contributed by atoms with Gasteiger partial charge in [0.15, 0.2) is 5.96 Å². The van der Waals surface area contributed by atoms with Crippen LogP contribution in [0.3, 0.4) is 0 Å². The number of carbonyl (C=O) groups excluding carboxylic acids is 1. The molecule has 3 aliphatic rings. The van der Waals surface area contributed by atoms with Crippen LogP contribution in [0.25, 0.3) is 0 Å². The molecule has 1 atom stereocenters. The Kier molecular flexibility index (Phi) is 8.03. The summed E-state index contributed by atoms with van der Waals surface area (Å²) < 4.78 is 5.50. The Bertz CT molecular complexity index is 531. The lowest BCUT2D eigenvalue weighted by Crippen LogP contribution is -2.58. The van der Waals surface area contributed by atoms with Crippen molar-refractivity contribution in [2.45, 2.75) is 64.1 Å². The zero-order valence-electron chi connectivity index (χ0n) is 17.2. The fourth-order valence-electron chi connectivity index (χ4n) is 4.09. The van der Waals surface area contributed by atoms with Crippen LogP contribution >= 0.6 is 24.0 Å². The highest BCUT2D eigenvalue weighted by atomic mass is 127. The monoisotopic (exact) mass is 493 g/mol. The predicted octanol–water partition coefficient (Wildman–Crippen LogP) is 2.36. The standard InChI is InChI=1S/C19H35N5O2.HI/c1-19(2,3)26-18(25)23-11-12-24-16(14-23)13-21-17(24)20-9-10-22(4)15-7-5-6-8-15;/h15-16H,5-14H2,1-4H3,(H,20,21);1H. The lowest BCUT2D eigenvalue weighted by Gasteiger charge is -2.39. The molecule has 1 aliphatic carbocycles. The number of amides is 1. The Morgan fingerprint density at radius 1 is 1.30 bits per heavy atom. The second-order valence-corrected chi connectivity index (χ2v) is 8.78. The van der Waals surface area contributed by atoms with E-state index in [0.717, 1.165) is 38.2 Å². The van der Waals surface area contributed by atoms with Gasteiger partial charge < -0.3 is 24.8 Å². The van der Waals surface area contributed by atoms with Crippen LogP contribution in [0.15, 0.2) is 4.99 Å². The summed E-state index contributed by atoms with van der Waals surface area (Å²) in [5.41, 5.74) is -0.446. The number of hydrogen-bond donors (Lipinski definition) is 1. The van der Waals surface area contributed by atoms with Gasteiger partial charge >= 0.3 is 6.09 Å². The van der Waals surface area contributed by atoms with Gasteiger partial charge in [-0.3, -0.25) is 4.99 Å². The molecule has 0 aromatic carbocycles. The number of rotatable bonds is 4. The van der Waals surface area contributed by atoms with Crippen LogP contribution in [-0.2, 0) is 4.74 Å². The average Bonchev–Trinajstić information content (AvgIpc) is 3.22. The van der Waals surface area contributed by atoms with Gasteiger partial charge in [0, 0.05) is 38.8 Å². The first-order chi connectivity index (χ1) is 12.3. The van der Waals surface area contributed by atoms with Gasteiger partial charge in [-0.15, -0.1) is 24.0 Å². The van der Waals surface area contributed by atoms with Gasteiger partial charge in [0.25, 0.3) is 0 Å². The number of hydrogen-bond acceptors (Lipinski definition) is 6. The summed E-state index contributed by atoms with van der Waals surface area (Å²) in [5, 5.41) is 3.52. The lowest BCUT2D eigenvalue weighted by atomic mass is 10.2. The molecular formula is C19H36IN5O2. The molecule has 1 saturated carbocycles. The van der Waals surface area contributed by atoms with Gasteiger partial charge in [0.1, 0.15) is 5.60 Å². The van der Waals surface area contributed by atoms with Gasteiger partial charge in [-0.2, -0.15) is 0 Å². The predicted molar refractivity (Wildman–Crippen MR) is 119 cm³/mol. The Morgan fingerprint density at radius 2 is 2.00 bits per heavy atom. The summed E-state index contributed by atoms with van der Waals surface area (Å²) in [5.74, 6) is 0.999. The third kappa shape index (κ3) is 6.10. The lowest BCUT2D eigenvalue weighted by molar-refractivity contribution is 0.0137. The number of carbonyl (C=O) groups is 1. The Balaban J connectivity index is 0.00000261. The van der Waals surface area contributed by atoms with Crippen LogP contribution < -0.4 is 5.32 Å². The van der Waals surface area contributed by atoms with E-state index in [9.17, 15) is 4.79 Å². The number of fused-ring (bicyclic) bond motifs is 1. The Hall–Kier alpha value is -0.770. The van der Waals surface area contributed by atoms with E-state index in [0.29, 0.717) is 13.1 Å². The molecule has 8 heteroatoms. The summed E-state index contributed by atoms with van der Waals surface area (Å²) in [6.45, 7) is 10.6. The van der Waals surface area contributed by atoms with Gasteiger partial charge in [-0.1, -0.05) is 12.8 Å². The molecule has 1 amide bonds. The van der Waals surface area contributed by atoms with E-state index in [1.807, 2.05) is 25.7 Å². The number of piperazine rings is 1. The quantitative estimate of drug-likeness (QED) is 0.610. The Morgan fingerprint density at radius 3 is 2.67 bits per heavy atom. The van der Waals surface area contributed by atoms with Gasteiger partial charge in [-0.25, -0.2) is 4.79 Å². The molecule has 0 bridgehead atoms. The van der Waals surface area contributed by atoms with Crippen LogP contribution in [0.5, 0.6) is 0 Å². The summed E-state index contributed by atoms with van der Waals surface area (Å²) in [4.78, 5) is 23.6. The zero-order chi connectivity index (χ0) is 18.7. The molecule has 0 aromatic heterocycles. The van der Waals surface area contributed by atoms with E-state index < -0.39 is 5.60 Å². The Labute approximate surface area is 180 Å². The molecule has 1 unspecified atom stereocenters. The third-order valence-electron chi connectivity index (χ3n) is 5.55. The largest absolute Gasteiger partial charge is 0.444 e. The van der Waals surface area contributed by atoms with Crippen LogP contribution in [-0.4, -0.2) is 90.8 Å². The molecule has 156 valence electrons. The smallest absolute Gasteiger partial charge is 0.410 e. The molecule has 1 N–H and O–H groups in total. The SMILES string of the molecule is CN(CCNC1=NCC2CN(C(=O)OC(C)(C)C)CCN12)C1CCCC1.I. The fraction of sp³-hybridized carbons (Fsp3) is 0.895. The number of ether oxygens (including phenoxy) is 1.